The highest BCUT2D eigenvalue weighted by atomic mass is 35.5. The zero-order valence-electron chi connectivity index (χ0n) is 17.8. The van der Waals surface area contributed by atoms with Gasteiger partial charge in [-0.3, -0.25) is 14.9 Å². The van der Waals surface area contributed by atoms with Crippen LogP contribution in [0.4, 0.5) is 5.69 Å². The Labute approximate surface area is 202 Å². The van der Waals surface area contributed by atoms with Crippen molar-refractivity contribution in [2.75, 3.05) is 0 Å². The van der Waals surface area contributed by atoms with Crippen molar-refractivity contribution in [1.29, 1.82) is 0 Å². The van der Waals surface area contributed by atoms with Crippen molar-refractivity contribution >= 4 is 45.0 Å². The minimum atomic E-state index is -0.817. The molecule has 0 aliphatic carbocycles. The van der Waals surface area contributed by atoms with Gasteiger partial charge in [-0.1, -0.05) is 41.9 Å². The summed E-state index contributed by atoms with van der Waals surface area (Å²) < 4.78 is 16.6. The van der Waals surface area contributed by atoms with Crippen LogP contribution in [0.25, 0.3) is 21.7 Å². The van der Waals surface area contributed by atoms with Crippen molar-refractivity contribution in [3.05, 3.63) is 116 Å². The van der Waals surface area contributed by atoms with Crippen LogP contribution in [0.2, 0.25) is 5.02 Å². The molecule has 0 N–H and O–H groups in total. The van der Waals surface area contributed by atoms with Gasteiger partial charge in [0.1, 0.15) is 23.3 Å². The van der Waals surface area contributed by atoms with E-state index in [-0.39, 0.29) is 38.7 Å². The molecule has 8 nitrogen and oxygen atoms in total. The highest BCUT2D eigenvalue weighted by molar-refractivity contribution is 6.33. The standard InChI is InChI=1S/C26H14ClNO7/c27-22-12-17(28(31)32)6-9-20(22)26(30)35-19-8-10-21-23(13-19)33-14-24(25(21)29)34-18-7-5-15-3-1-2-4-16(15)11-18/h1-14H. The molecular weight excluding hydrogens is 474 g/mol. The van der Waals surface area contributed by atoms with Gasteiger partial charge in [0.15, 0.2) is 0 Å². The van der Waals surface area contributed by atoms with Gasteiger partial charge in [-0.05, 0) is 41.1 Å². The first-order chi connectivity index (χ1) is 16.9. The number of carbonyl (C=O) groups is 1. The Bertz CT molecular complexity index is 1690. The lowest BCUT2D eigenvalue weighted by molar-refractivity contribution is -0.384. The number of benzene rings is 4. The molecule has 4 aromatic carbocycles. The first-order valence-corrected chi connectivity index (χ1v) is 10.7. The van der Waals surface area contributed by atoms with E-state index in [1.165, 1.54) is 30.5 Å². The van der Waals surface area contributed by atoms with E-state index in [0.717, 1.165) is 22.9 Å². The van der Waals surface area contributed by atoms with Crippen molar-refractivity contribution in [1.82, 2.24) is 0 Å². The normalized spacial score (nSPS) is 10.9. The third-order valence-electron chi connectivity index (χ3n) is 5.26. The predicted molar refractivity (Wildman–Crippen MR) is 130 cm³/mol. The van der Waals surface area contributed by atoms with E-state index in [0.29, 0.717) is 5.75 Å². The molecule has 0 fully saturated rings. The van der Waals surface area contributed by atoms with E-state index in [1.54, 1.807) is 6.07 Å². The molecule has 0 amide bonds. The van der Waals surface area contributed by atoms with Crippen molar-refractivity contribution < 1.29 is 23.6 Å². The molecule has 1 aromatic heterocycles. The summed E-state index contributed by atoms with van der Waals surface area (Å²) in [5, 5.41) is 13.0. The summed E-state index contributed by atoms with van der Waals surface area (Å²) >= 11 is 5.99. The zero-order valence-corrected chi connectivity index (χ0v) is 18.5. The fourth-order valence-electron chi connectivity index (χ4n) is 3.53. The lowest BCUT2D eigenvalue weighted by Gasteiger charge is -2.08. The number of nitro benzene ring substituents is 1. The third kappa shape index (κ3) is 4.42. The van der Waals surface area contributed by atoms with Crippen LogP contribution in [-0.4, -0.2) is 10.9 Å². The van der Waals surface area contributed by atoms with E-state index in [4.69, 9.17) is 25.5 Å². The fraction of sp³-hybridized carbons (Fsp3) is 0. The molecule has 5 rings (SSSR count). The van der Waals surface area contributed by atoms with Crippen LogP contribution in [0.5, 0.6) is 17.2 Å². The molecule has 5 aromatic rings. The lowest BCUT2D eigenvalue weighted by Crippen LogP contribution is -2.10. The van der Waals surface area contributed by atoms with Crippen LogP contribution >= 0.6 is 11.6 Å². The molecule has 0 spiro atoms. The molecular formula is C26H14ClNO7. The number of nitro groups is 1. The number of ether oxygens (including phenoxy) is 2. The largest absolute Gasteiger partial charge is 0.460 e. The molecule has 0 aliphatic heterocycles. The Morgan fingerprint density at radius 1 is 0.914 bits per heavy atom. The maximum Gasteiger partial charge on any atom is 0.345 e. The van der Waals surface area contributed by atoms with Crippen molar-refractivity contribution in [2.45, 2.75) is 0 Å². The summed E-state index contributed by atoms with van der Waals surface area (Å²) in [6, 6.07) is 20.9. The SMILES string of the molecule is O=C(Oc1ccc2c(=O)c(Oc3ccc4ccccc4c3)coc2c1)c1ccc([N+](=O)[O-])cc1Cl. The van der Waals surface area contributed by atoms with Gasteiger partial charge >= 0.3 is 5.97 Å². The Morgan fingerprint density at radius 3 is 2.46 bits per heavy atom. The first-order valence-electron chi connectivity index (χ1n) is 10.3. The van der Waals surface area contributed by atoms with Crippen molar-refractivity contribution in [3.63, 3.8) is 0 Å². The maximum absolute atomic E-state index is 12.9. The molecule has 0 atom stereocenters. The van der Waals surface area contributed by atoms with E-state index >= 15 is 0 Å². The molecule has 9 heteroatoms. The van der Waals surface area contributed by atoms with Gasteiger partial charge < -0.3 is 13.9 Å². The highest BCUT2D eigenvalue weighted by Gasteiger charge is 2.18. The number of rotatable bonds is 5. The quantitative estimate of drug-likeness (QED) is 0.120. The van der Waals surface area contributed by atoms with Gasteiger partial charge in [-0.2, -0.15) is 0 Å². The van der Waals surface area contributed by atoms with Gasteiger partial charge in [0.25, 0.3) is 5.69 Å². The summed E-state index contributed by atoms with van der Waals surface area (Å²) in [6.45, 7) is 0. The number of halogens is 1. The average Bonchev–Trinajstić information content (AvgIpc) is 2.85. The molecule has 35 heavy (non-hydrogen) atoms. The number of fused-ring (bicyclic) bond motifs is 2. The number of esters is 1. The number of hydrogen-bond donors (Lipinski definition) is 0. The summed E-state index contributed by atoms with van der Waals surface area (Å²) in [7, 11) is 0. The van der Waals surface area contributed by atoms with Gasteiger partial charge in [-0.15, -0.1) is 0 Å². The van der Waals surface area contributed by atoms with E-state index < -0.39 is 16.3 Å². The minimum absolute atomic E-state index is 0.00943. The number of non-ortho nitro benzene ring substituents is 1. The second-order valence-corrected chi connectivity index (χ2v) is 7.92. The lowest BCUT2D eigenvalue weighted by atomic mass is 10.1. The molecule has 0 saturated heterocycles. The molecule has 0 radical (unpaired) electrons. The second-order valence-electron chi connectivity index (χ2n) is 7.51. The maximum atomic E-state index is 12.9. The monoisotopic (exact) mass is 487 g/mol. The molecule has 172 valence electrons. The minimum Gasteiger partial charge on any atom is -0.460 e. The Hall–Kier alpha value is -4.69. The average molecular weight is 488 g/mol. The van der Waals surface area contributed by atoms with Crippen LogP contribution in [0, 0.1) is 10.1 Å². The topological polar surface area (TPSA) is 109 Å². The van der Waals surface area contributed by atoms with Crippen LogP contribution in [0.1, 0.15) is 10.4 Å². The Morgan fingerprint density at radius 2 is 1.69 bits per heavy atom. The first kappa shape index (κ1) is 22.1. The van der Waals surface area contributed by atoms with Gasteiger partial charge in [0, 0.05) is 18.2 Å². The van der Waals surface area contributed by atoms with Crippen LogP contribution in [0.15, 0.2) is 94.3 Å². The zero-order chi connectivity index (χ0) is 24.5. The van der Waals surface area contributed by atoms with Gasteiger partial charge in [-0.25, -0.2) is 4.79 Å². The van der Waals surface area contributed by atoms with Gasteiger partial charge in [0.05, 0.1) is 20.9 Å². The number of nitrogens with zero attached hydrogens (tertiary/aromatic N) is 1. The van der Waals surface area contributed by atoms with Crippen molar-refractivity contribution in [3.8, 4) is 17.2 Å². The van der Waals surface area contributed by atoms with Crippen LogP contribution in [0.3, 0.4) is 0 Å². The molecule has 0 aliphatic rings. The summed E-state index contributed by atoms with van der Waals surface area (Å²) in [5.74, 6) is -0.220. The predicted octanol–water partition coefficient (Wildman–Crippen LogP) is 6.52. The van der Waals surface area contributed by atoms with E-state index in [9.17, 15) is 19.7 Å². The van der Waals surface area contributed by atoms with E-state index in [2.05, 4.69) is 0 Å². The Kier molecular flexibility index (Phi) is 5.64. The van der Waals surface area contributed by atoms with Crippen LogP contribution < -0.4 is 14.9 Å². The summed E-state index contributed by atoms with van der Waals surface area (Å²) in [5.41, 5.74) is -0.504. The summed E-state index contributed by atoms with van der Waals surface area (Å²) in [6.07, 6.45) is 1.19. The fourth-order valence-corrected chi connectivity index (χ4v) is 3.78. The molecule has 1 heterocycles. The third-order valence-corrected chi connectivity index (χ3v) is 5.57. The van der Waals surface area contributed by atoms with Crippen LogP contribution in [-0.2, 0) is 0 Å². The number of carbonyl (C=O) groups excluding carboxylic acids is 1. The van der Waals surface area contributed by atoms with Gasteiger partial charge in [0.2, 0.25) is 11.2 Å². The molecule has 0 saturated carbocycles. The second kappa shape index (κ2) is 8.92. The summed E-state index contributed by atoms with van der Waals surface area (Å²) in [4.78, 5) is 35.6. The molecule has 0 bridgehead atoms. The Balaban J connectivity index is 1.39. The smallest absolute Gasteiger partial charge is 0.345 e. The highest BCUT2D eigenvalue weighted by Crippen LogP contribution is 2.28. The van der Waals surface area contributed by atoms with Crippen molar-refractivity contribution in [2.24, 2.45) is 0 Å². The number of hydrogen-bond acceptors (Lipinski definition) is 7. The molecule has 0 unspecified atom stereocenters. The van der Waals surface area contributed by atoms with E-state index in [1.807, 2.05) is 36.4 Å².